The van der Waals surface area contributed by atoms with Gasteiger partial charge in [0, 0.05) is 18.2 Å². The van der Waals surface area contributed by atoms with E-state index in [1.807, 2.05) is 30.3 Å². The molecule has 0 radical (unpaired) electrons. The van der Waals surface area contributed by atoms with Crippen molar-refractivity contribution in [3.63, 3.8) is 0 Å². The van der Waals surface area contributed by atoms with E-state index >= 15 is 0 Å². The number of ether oxygens (including phenoxy) is 1. The van der Waals surface area contributed by atoms with Gasteiger partial charge < -0.3 is 4.74 Å². The number of non-ortho nitro benzene ring substituents is 1. The van der Waals surface area contributed by atoms with Gasteiger partial charge in [-0.2, -0.15) is 0 Å². The van der Waals surface area contributed by atoms with Gasteiger partial charge in [-0.05, 0) is 17.2 Å². The predicted octanol–water partition coefficient (Wildman–Crippen LogP) is 2.99. The van der Waals surface area contributed by atoms with Gasteiger partial charge in [0.1, 0.15) is 12.3 Å². The van der Waals surface area contributed by atoms with Crippen molar-refractivity contribution in [1.29, 1.82) is 0 Å². The summed E-state index contributed by atoms with van der Waals surface area (Å²) in [4.78, 5) is 22.0. The second-order valence-corrected chi connectivity index (χ2v) is 5.68. The lowest BCUT2D eigenvalue weighted by atomic mass is 10.2. The molecule has 0 fully saturated rings. The van der Waals surface area contributed by atoms with Crippen LogP contribution in [0.4, 0.5) is 5.69 Å². The third-order valence-corrected chi connectivity index (χ3v) is 3.65. The standard InChI is InChI=1S/C19H16N4O4/c24-19(11-8-15-4-2-1-3-5-15)27-14-17-13-22(21-20-17)12-16-6-9-18(10-7-16)23(25)26/h1-11,13H,12,14H2/b11-8+. The van der Waals surface area contributed by atoms with Gasteiger partial charge in [0.2, 0.25) is 0 Å². The molecule has 0 spiro atoms. The predicted molar refractivity (Wildman–Crippen MR) is 97.5 cm³/mol. The minimum Gasteiger partial charge on any atom is -0.456 e. The summed E-state index contributed by atoms with van der Waals surface area (Å²) >= 11 is 0. The monoisotopic (exact) mass is 364 g/mol. The van der Waals surface area contributed by atoms with Crippen LogP contribution in [0.15, 0.2) is 66.9 Å². The molecule has 8 nitrogen and oxygen atoms in total. The lowest BCUT2D eigenvalue weighted by molar-refractivity contribution is -0.384. The molecule has 27 heavy (non-hydrogen) atoms. The Morgan fingerprint density at radius 3 is 2.59 bits per heavy atom. The Labute approximate surface area is 154 Å². The van der Waals surface area contributed by atoms with E-state index in [-0.39, 0.29) is 12.3 Å². The Morgan fingerprint density at radius 2 is 1.89 bits per heavy atom. The number of aromatic nitrogens is 3. The quantitative estimate of drug-likeness (QED) is 0.276. The Kier molecular flexibility index (Phi) is 5.68. The van der Waals surface area contributed by atoms with Gasteiger partial charge in [0.25, 0.3) is 5.69 Å². The molecule has 0 saturated heterocycles. The molecule has 8 heteroatoms. The molecule has 3 aromatic rings. The summed E-state index contributed by atoms with van der Waals surface area (Å²) in [6, 6.07) is 15.6. The number of benzene rings is 2. The van der Waals surface area contributed by atoms with Crippen LogP contribution in [0.3, 0.4) is 0 Å². The van der Waals surface area contributed by atoms with Crippen molar-refractivity contribution in [3.8, 4) is 0 Å². The molecule has 1 heterocycles. The molecule has 0 aliphatic heterocycles. The minimum absolute atomic E-state index is 0.0121. The van der Waals surface area contributed by atoms with Crippen molar-refractivity contribution < 1.29 is 14.5 Å². The average Bonchev–Trinajstić information content (AvgIpc) is 3.13. The van der Waals surface area contributed by atoms with E-state index in [2.05, 4.69) is 10.3 Å². The van der Waals surface area contributed by atoms with Crippen LogP contribution in [0.25, 0.3) is 6.08 Å². The van der Waals surface area contributed by atoms with Crippen LogP contribution in [0.5, 0.6) is 0 Å². The molecule has 2 aromatic carbocycles. The zero-order chi connectivity index (χ0) is 19.1. The lowest BCUT2D eigenvalue weighted by Crippen LogP contribution is -2.01. The Bertz CT molecular complexity index is 949. The molecular weight excluding hydrogens is 348 g/mol. The zero-order valence-corrected chi connectivity index (χ0v) is 14.3. The van der Waals surface area contributed by atoms with Crippen LogP contribution < -0.4 is 0 Å². The maximum Gasteiger partial charge on any atom is 0.331 e. The number of carbonyl (C=O) groups is 1. The van der Waals surface area contributed by atoms with Crippen molar-refractivity contribution in [3.05, 3.63) is 93.8 Å². The van der Waals surface area contributed by atoms with E-state index in [0.29, 0.717) is 12.2 Å². The molecule has 1 aromatic heterocycles. The highest BCUT2D eigenvalue weighted by atomic mass is 16.6. The molecule has 0 amide bonds. The largest absolute Gasteiger partial charge is 0.456 e. The van der Waals surface area contributed by atoms with Crippen molar-refractivity contribution in [2.75, 3.05) is 0 Å². The summed E-state index contributed by atoms with van der Waals surface area (Å²) in [6.07, 6.45) is 4.69. The fourth-order valence-corrected chi connectivity index (χ4v) is 2.31. The highest BCUT2D eigenvalue weighted by Crippen LogP contribution is 2.12. The molecule has 0 N–H and O–H groups in total. The summed E-state index contributed by atoms with van der Waals surface area (Å²) in [6.45, 7) is 0.422. The van der Waals surface area contributed by atoms with E-state index < -0.39 is 10.9 Å². The van der Waals surface area contributed by atoms with Gasteiger partial charge in [-0.1, -0.05) is 47.7 Å². The minimum atomic E-state index is -0.469. The molecule has 0 aliphatic carbocycles. The van der Waals surface area contributed by atoms with Gasteiger partial charge in [0.05, 0.1) is 17.7 Å². The summed E-state index contributed by atoms with van der Waals surface area (Å²) < 4.78 is 6.71. The number of carbonyl (C=O) groups excluding carboxylic acids is 1. The molecule has 0 aliphatic rings. The first-order valence-corrected chi connectivity index (χ1v) is 8.12. The van der Waals surface area contributed by atoms with Gasteiger partial charge in [-0.25, -0.2) is 9.48 Å². The van der Waals surface area contributed by atoms with Crippen molar-refractivity contribution in [1.82, 2.24) is 15.0 Å². The third kappa shape index (κ3) is 5.33. The van der Waals surface area contributed by atoms with Crippen molar-refractivity contribution in [2.45, 2.75) is 13.2 Å². The average molecular weight is 364 g/mol. The Morgan fingerprint density at radius 1 is 1.15 bits per heavy atom. The van der Waals surface area contributed by atoms with Crippen LogP contribution in [-0.4, -0.2) is 25.9 Å². The molecule has 136 valence electrons. The maximum atomic E-state index is 11.8. The number of esters is 1. The smallest absolute Gasteiger partial charge is 0.331 e. The maximum absolute atomic E-state index is 11.8. The number of hydrogen-bond donors (Lipinski definition) is 0. The second-order valence-electron chi connectivity index (χ2n) is 5.68. The Hall–Kier alpha value is -3.81. The second kappa shape index (κ2) is 8.52. The zero-order valence-electron chi connectivity index (χ0n) is 14.3. The number of hydrogen-bond acceptors (Lipinski definition) is 6. The van der Waals surface area contributed by atoms with Crippen LogP contribution >= 0.6 is 0 Å². The van der Waals surface area contributed by atoms with E-state index in [0.717, 1.165) is 11.1 Å². The van der Waals surface area contributed by atoms with Crippen molar-refractivity contribution >= 4 is 17.7 Å². The van der Waals surface area contributed by atoms with Crippen LogP contribution in [0.1, 0.15) is 16.8 Å². The highest BCUT2D eigenvalue weighted by molar-refractivity contribution is 5.86. The number of nitro benzene ring substituents is 1. The number of nitrogens with zero attached hydrogens (tertiary/aromatic N) is 4. The fraction of sp³-hybridized carbons (Fsp3) is 0.105. The van der Waals surface area contributed by atoms with Gasteiger partial charge in [-0.15, -0.1) is 5.10 Å². The number of nitro groups is 1. The van der Waals surface area contributed by atoms with E-state index in [9.17, 15) is 14.9 Å². The topological polar surface area (TPSA) is 100 Å². The molecule has 0 atom stereocenters. The van der Waals surface area contributed by atoms with Crippen LogP contribution in [0.2, 0.25) is 0 Å². The number of rotatable bonds is 7. The van der Waals surface area contributed by atoms with Gasteiger partial charge >= 0.3 is 5.97 Å². The highest BCUT2D eigenvalue weighted by Gasteiger charge is 2.07. The summed E-state index contributed by atoms with van der Waals surface area (Å²) in [5.74, 6) is -0.469. The fourth-order valence-electron chi connectivity index (χ4n) is 2.31. The third-order valence-electron chi connectivity index (χ3n) is 3.65. The lowest BCUT2D eigenvalue weighted by Gasteiger charge is -2.00. The normalized spacial score (nSPS) is 10.8. The first kappa shape index (κ1) is 18.0. The van der Waals surface area contributed by atoms with E-state index in [1.165, 1.54) is 18.2 Å². The molecule has 0 bridgehead atoms. The van der Waals surface area contributed by atoms with Gasteiger partial charge in [-0.3, -0.25) is 10.1 Å². The summed E-state index contributed by atoms with van der Waals surface area (Å²) in [7, 11) is 0. The van der Waals surface area contributed by atoms with Crippen LogP contribution in [0, 0.1) is 10.1 Å². The summed E-state index contributed by atoms with van der Waals surface area (Å²) in [5, 5.41) is 18.6. The van der Waals surface area contributed by atoms with E-state index in [4.69, 9.17) is 4.74 Å². The molecule has 0 saturated carbocycles. The SMILES string of the molecule is O=C(/C=C/c1ccccc1)OCc1cn(Cc2ccc([N+](=O)[O-])cc2)nn1. The van der Waals surface area contributed by atoms with Gasteiger partial charge in [0.15, 0.2) is 0 Å². The molecule has 0 unspecified atom stereocenters. The molecule has 3 rings (SSSR count). The van der Waals surface area contributed by atoms with Crippen LogP contribution in [-0.2, 0) is 22.7 Å². The van der Waals surface area contributed by atoms with Crippen molar-refractivity contribution in [2.24, 2.45) is 0 Å². The van der Waals surface area contributed by atoms with E-state index in [1.54, 1.807) is 29.1 Å². The Balaban J connectivity index is 1.51. The summed E-state index contributed by atoms with van der Waals surface area (Å²) in [5.41, 5.74) is 2.30. The first-order chi connectivity index (χ1) is 13.1. The first-order valence-electron chi connectivity index (χ1n) is 8.12. The molecular formula is C19H16N4O4.